The van der Waals surface area contributed by atoms with Crippen molar-refractivity contribution in [2.45, 2.75) is 32.2 Å². The average molecular weight is 331 g/mol. The number of carboxylic acids is 1. The Kier molecular flexibility index (Phi) is 4.33. The van der Waals surface area contributed by atoms with Gasteiger partial charge in [0.25, 0.3) is 5.91 Å². The maximum absolute atomic E-state index is 13.0. The van der Waals surface area contributed by atoms with Crippen LogP contribution in [0.2, 0.25) is 0 Å². The molecule has 0 radical (unpaired) electrons. The fourth-order valence-electron chi connectivity index (χ4n) is 3.00. The maximum Gasteiger partial charge on any atom is 0.330 e. The molecule has 2 aromatic rings. The minimum atomic E-state index is -1.26. The molecule has 1 aromatic heterocycles. The zero-order chi connectivity index (χ0) is 17.3. The van der Waals surface area contributed by atoms with Gasteiger partial charge in [0.2, 0.25) is 0 Å². The first-order chi connectivity index (χ1) is 11.5. The van der Waals surface area contributed by atoms with Gasteiger partial charge in [-0.05, 0) is 42.9 Å². The molecule has 0 fully saturated rings. The largest absolute Gasteiger partial charge is 0.479 e. The van der Waals surface area contributed by atoms with Gasteiger partial charge in [0.1, 0.15) is 5.82 Å². The summed E-state index contributed by atoms with van der Waals surface area (Å²) in [4.78, 5) is 24.0. The van der Waals surface area contributed by atoms with Gasteiger partial charge in [-0.2, -0.15) is 5.10 Å². The first-order valence-corrected chi connectivity index (χ1v) is 7.81. The van der Waals surface area contributed by atoms with Crippen LogP contribution in [0.1, 0.15) is 46.7 Å². The molecule has 3 N–H and O–H groups in total. The molecule has 7 heteroatoms. The van der Waals surface area contributed by atoms with Crippen LogP contribution in [0, 0.1) is 11.7 Å². The molecule has 2 atom stereocenters. The molecule has 1 aromatic carbocycles. The van der Waals surface area contributed by atoms with E-state index in [1.54, 1.807) is 0 Å². The van der Waals surface area contributed by atoms with Gasteiger partial charge in [-0.25, -0.2) is 9.18 Å². The molecule has 1 aliphatic carbocycles. The summed E-state index contributed by atoms with van der Waals surface area (Å²) in [6.45, 7) is 2.11. The zero-order valence-electron chi connectivity index (χ0n) is 13.2. The first kappa shape index (κ1) is 16.2. The van der Waals surface area contributed by atoms with E-state index >= 15 is 0 Å². The van der Waals surface area contributed by atoms with Gasteiger partial charge in [0, 0.05) is 11.3 Å². The number of carbonyl (C=O) groups excluding carboxylic acids is 1. The predicted molar refractivity (Wildman–Crippen MR) is 84.0 cm³/mol. The molecule has 6 nitrogen and oxygen atoms in total. The topological polar surface area (TPSA) is 95.1 Å². The number of hydrogen-bond donors (Lipinski definition) is 3. The first-order valence-electron chi connectivity index (χ1n) is 7.81. The highest BCUT2D eigenvalue weighted by atomic mass is 19.1. The predicted octanol–water partition coefficient (Wildman–Crippen LogP) is 2.23. The number of halogens is 1. The fraction of sp³-hybridized carbons (Fsp3) is 0.353. The Hall–Kier alpha value is -2.70. The number of carbonyl (C=O) groups is 2. The van der Waals surface area contributed by atoms with E-state index in [1.807, 2.05) is 0 Å². The number of aromatic nitrogens is 2. The Labute approximate surface area is 138 Å². The van der Waals surface area contributed by atoms with Crippen LogP contribution in [0.4, 0.5) is 4.39 Å². The van der Waals surface area contributed by atoms with E-state index < -0.39 is 23.7 Å². The van der Waals surface area contributed by atoms with Crippen LogP contribution < -0.4 is 5.32 Å². The van der Waals surface area contributed by atoms with Crippen molar-refractivity contribution >= 4 is 11.9 Å². The van der Waals surface area contributed by atoms with E-state index in [4.69, 9.17) is 0 Å². The second-order valence-corrected chi connectivity index (χ2v) is 6.17. The average Bonchev–Trinajstić information content (AvgIpc) is 2.96. The third-order valence-electron chi connectivity index (χ3n) is 4.33. The normalized spacial score (nSPS) is 17.8. The van der Waals surface area contributed by atoms with Crippen LogP contribution in [-0.4, -0.2) is 27.2 Å². The van der Waals surface area contributed by atoms with Gasteiger partial charge in [-0.1, -0.05) is 19.1 Å². The lowest BCUT2D eigenvalue weighted by Crippen LogP contribution is -2.34. The van der Waals surface area contributed by atoms with Crippen molar-refractivity contribution in [3.05, 3.63) is 52.6 Å². The van der Waals surface area contributed by atoms with E-state index in [0.29, 0.717) is 11.5 Å². The van der Waals surface area contributed by atoms with E-state index in [0.717, 1.165) is 42.7 Å². The molecule has 0 saturated carbocycles. The summed E-state index contributed by atoms with van der Waals surface area (Å²) in [6, 6.07) is 3.75. The van der Waals surface area contributed by atoms with Crippen molar-refractivity contribution in [3.63, 3.8) is 0 Å². The molecule has 1 aliphatic rings. The van der Waals surface area contributed by atoms with Crippen LogP contribution in [-0.2, 0) is 17.6 Å². The highest BCUT2D eigenvalue weighted by Gasteiger charge is 2.28. The van der Waals surface area contributed by atoms with Crippen LogP contribution in [0.25, 0.3) is 0 Å². The van der Waals surface area contributed by atoms with Crippen molar-refractivity contribution < 1.29 is 19.1 Å². The standard InChI is InChI=1S/C17H18FN3O3/c1-9-2-7-13-12(8-9)15(21-20-13)16(22)19-14(17(23)24)10-3-5-11(18)6-4-10/h3-6,9,14H,2,7-8H2,1H3,(H,19,22)(H,20,21)(H,23,24). The molecule has 0 spiro atoms. The fourth-order valence-corrected chi connectivity index (χ4v) is 3.00. The smallest absolute Gasteiger partial charge is 0.330 e. The van der Waals surface area contributed by atoms with Crippen LogP contribution >= 0.6 is 0 Å². The van der Waals surface area contributed by atoms with Gasteiger partial charge in [-0.3, -0.25) is 9.89 Å². The Morgan fingerprint density at radius 1 is 1.38 bits per heavy atom. The van der Waals surface area contributed by atoms with Gasteiger partial charge in [0.05, 0.1) is 0 Å². The number of aliphatic carboxylic acids is 1. The number of aryl methyl sites for hydroxylation is 1. The minimum Gasteiger partial charge on any atom is -0.479 e. The van der Waals surface area contributed by atoms with E-state index in [9.17, 15) is 19.1 Å². The van der Waals surface area contributed by atoms with Gasteiger partial charge in [0.15, 0.2) is 11.7 Å². The number of hydrogen-bond acceptors (Lipinski definition) is 3. The van der Waals surface area contributed by atoms with Crippen LogP contribution in [0.3, 0.4) is 0 Å². The number of carboxylic acid groups (broad SMARTS) is 1. The number of H-pyrrole nitrogens is 1. The molecule has 1 heterocycles. The third kappa shape index (κ3) is 3.15. The number of amides is 1. The van der Waals surface area contributed by atoms with Crippen molar-refractivity contribution in [3.8, 4) is 0 Å². The SMILES string of the molecule is CC1CCc2[nH]nc(C(=O)NC(C(=O)O)c3ccc(F)cc3)c2C1. The lowest BCUT2D eigenvalue weighted by Gasteiger charge is -2.19. The molecular formula is C17H18FN3O3. The lowest BCUT2D eigenvalue weighted by atomic mass is 9.87. The van der Waals surface area contributed by atoms with Crippen molar-refractivity contribution in [2.75, 3.05) is 0 Å². The van der Waals surface area contributed by atoms with E-state index in [-0.39, 0.29) is 5.69 Å². The summed E-state index contributed by atoms with van der Waals surface area (Å²) in [5.74, 6) is -1.77. The van der Waals surface area contributed by atoms with Crippen molar-refractivity contribution in [1.29, 1.82) is 0 Å². The zero-order valence-corrected chi connectivity index (χ0v) is 13.2. The number of benzene rings is 1. The minimum absolute atomic E-state index is 0.241. The molecule has 0 bridgehead atoms. The quantitative estimate of drug-likeness (QED) is 0.800. The van der Waals surface area contributed by atoms with Gasteiger partial charge in [-0.15, -0.1) is 0 Å². The molecule has 3 rings (SSSR count). The van der Waals surface area contributed by atoms with Crippen LogP contribution in [0.15, 0.2) is 24.3 Å². The van der Waals surface area contributed by atoms with Crippen molar-refractivity contribution in [2.24, 2.45) is 5.92 Å². The third-order valence-corrected chi connectivity index (χ3v) is 4.33. The molecular weight excluding hydrogens is 313 g/mol. The monoisotopic (exact) mass is 331 g/mol. The number of nitrogens with zero attached hydrogens (tertiary/aromatic N) is 1. The molecule has 126 valence electrons. The number of nitrogens with one attached hydrogen (secondary N) is 2. The van der Waals surface area contributed by atoms with E-state index in [2.05, 4.69) is 22.4 Å². The summed E-state index contributed by atoms with van der Waals surface area (Å²) in [5.41, 5.74) is 2.33. The number of aromatic amines is 1. The second kappa shape index (κ2) is 6.43. The van der Waals surface area contributed by atoms with Crippen LogP contribution in [0.5, 0.6) is 0 Å². The molecule has 0 aliphatic heterocycles. The molecule has 24 heavy (non-hydrogen) atoms. The highest BCUT2D eigenvalue weighted by Crippen LogP contribution is 2.26. The molecule has 2 unspecified atom stereocenters. The Morgan fingerprint density at radius 2 is 2.08 bits per heavy atom. The summed E-state index contributed by atoms with van der Waals surface area (Å²) in [6.07, 6.45) is 2.60. The number of fused-ring (bicyclic) bond motifs is 1. The summed E-state index contributed by atoms with van der Waals surface area (Å²) in [5, 5.41) is 18.8. The Balaban J connectivity index is 1.83. The molecule has 1 amide bonds. The molecule has 0 saturated heterocycles. The van der Waals surface area contributed by atoms with Gasteiger partial charge >= 0.3 is 5.97 Å². The summed E-state index contributed by atoms with van der Waals surface area (Å²) < 4.78 is 13.0. The summed E-state index contributed by atoms with van der Waals surface area (Å²) >= 11 is 0. The van der Waals surface area contributed by atoms with E-state index in [1.165, 1.54) is 12.1 Å². The van der Waals surface area contributed by atoms with Crippen molar-refractivity contribution in [1.82, 2.24) is 15.5 Å². The Morgan fingerprint density at radius 3 is 2.75 bits per heavy atom. The number of rotatable bonds is 4. The second-order valence-electron chi connectivity index (χ2n) is 6.17. The van der Waals surface area contributed by atoms with Gasteiger partial charge < -0.3 is 10.4 Å². The highest BCUT2D eigenvalue weighted by molar-refractivity contribution is 5.96. The Bertz CT molecular complexity index is 770. The lowest BCUT2D eigenvalue weighted by molar-refractivity contribution is -0.139. The summed E-state index contributed by atoms with van der Waals surface area (Å²) in [7, 11) is 0. The maximum atomic E-state index is 13.0.